The van der Waals surface area contributed by atoms with Gasteiger partial charge in [-0.15, -0.1) is 0 Å². The molecular weight excluding hydrogens is 231 g/mol. The Balaban J connectivity index is 2.23. The smallest absolute Gasteiger partial charge is 0.123 e. The summed E-state index contributed by atoms with van der Waals surface area (Å²) >= 11 is 0. The number of halogens is 1. The number of anilines is 2. The summed E-state index contributed by atoms with van der Waals surface area (Å²) < 4.78 is 12.8. The zero-order valence-electron chi connectivity index (χ0n) is 10.3. The van der Waals surface area contributed by atoms with Gasteiger partial charge in [0, 0.05) is 12.7 Å². The fraction of sp³-hybridized carbons (Fsp3) is 0.214. The molecule has 0 spiro atoms. The molecule has 0 bridgehead atoms. The third-order valence-corrected chi connectivity index (χ3v) is 2.80. The zero-order valence-corrected chi connectivity index (χ0v) is 10.3. The quantitative estimate of drug-likeness (QED) is 0.904. The van der Waals surface area contributed by atoms with E-state index >= 15 is 0 Å². The number of benzene rings is 1. The van der Waals surface area contributed by atoms with Gasteiger partial charge in [-0.25, -0.2) is 4.39 Å². The normalized spacial score (nSPS) is 12.2. The lowest BCUT2D eigenvalue weighted by atomic mass is 10.2. The van der Waals surface area contributed by atoms with Crippen LogP contribution in [-0.2, 0) is 0 Å². The van der Waals surface area contributed by atoms with Gasteiger partial charge in [-0.2, -0.15) is 0 Å². The molecule has 0 unspecified atom stereocenters. The Labute approximate surface area is 106 Å². The van der Waals surface area contributed by atoms with Gasteiger partial charge in [0.2, 0.25) is 0 Å². The minimum atomic E-state index is -0.574. The molecule has 0 saturated heterocycles. The van der Waals surface area contributed by atoms with Crippen molar-refractivity contribution >= 4 is 11.4 Å². The number of aliphatic hydroxyl groups excluding tert-OH is 1. The van der Waals surface area contributed by atoms with Gasteiger partial charge in [0.15, 0.2) is 0 Å². The molecule has 1 heterocycles. The molecule has 0 radical (unpaired) electrons. The monoisotopic (exact) mass is 246 g/mol. The fourth-order valence-electron chi connectivity index (χ4n) is 1.66. The summed E-state index contributed by atoms with van der Waals surface area (Å²) in [6, 6.07) is 9.90. The van der Waals surface area contributed by atoms with Crippen LogP contribution in [-0.4, -0.2) is 17.1 Å². The molecule has 0 aliphatic heterocycles. The lowest BCUT2D eigenvalue weighted by molar-refractivity contribution is 0.194. The molecule has 4 heteroatoms. The summed E-state index contributed by atoms with van der Waals surface area (Å²) in [6.45, 7) is 1.67. The third-order valence-electron chi connectivity index (χ3n) is 2.80. The van der Waals surface area contributed by atoms with Crippen molar-refractivity contribution < 1.29 is 9.50 Å². The van der Waals surface area contributed by atoms with Gasteiger partial charge in [-0.3, -0.25) is 4.98 Å². The Hall–Kier alpha value is -1.94. The average molecular weight is 246 g/mol. The van der Waals surface area contributed by atoms with Gasteiger partial charge in [-0.1, -0.05) is 0 Å². The van der Waals surface area contributed by atoms with Crippen molar-refractivity contribution in [3.63, 3.8) is 0 Å². The second kappa shape index (κ2) is 5.14. The first-order valence-corrected chi connectivity index (χ1v) is 5.71. The summed E-state index contributed by atoms with van der Waals surface area (Å²) in [5, 5.41) is 9.38. The third kappa shape index (κ3) is 2.65. The van der Waals surface area contributed by atoms with Crippen molar-refractivity contribution in [1.82, 2.24) is 4.98 Å². The van der Waals surface area contributed by atoms with Crippen LogP contribution in [0.3, 0.4) is 0 Å². The molecule has 0 saturated carbocycles. The fourth-order valence-corrected chi connectivity index (χ4v) is 1.66. The predicted molar refractivity (Wildman–Crippen MR) is 69.3 cm³/mol. The molecule has 1 atom stereocenters. The second-order valence-corrected chi connectivity index (χ2v) is 4.15. The Kier molecular flexibility index (Phi) is 3.58. The van der Waals surface area contributed by atoms with Crippen LogP contribution in [0.25, 0.3) is 0 Å². The van der Waals surface area contributed by atoms with Crippen molar-refractivity contribution in [2.45, 2.75) is 13.0 Å². The van der Waals surface area contributed by atoms with Crippen LogP contribution in [0.2, 0.25) is 0 Å². The van der Waals surface area contributed by atoms with Gasteiger partial charge in [-0.05, 0) is 43.3 Å². The van der Waals surface area contributed by atoms with Crippen molar-refractivity contribution in [3.05, 3.63) is 54.1 Å². The van der Waals surface area contributed by atoms with Crippen LogP contribution in [0.4, 0.5) is 15.8 Å². The zero-order chi connectivity index (χ0) is 13.1. The van der Waals surface area contributed by atoms with Gasteiger partial charge >= 0.3 is 0 Å². The first-order chi connectivity index (χ1) is 8.58. The van der Waals surface area contributed by atoms with E-state index < -0.39 is 6.10 Å². The molecule has 2 aromatic rings. The molecule has 3 nitrogen and oxygen atoms in total. The second-order valence-electron chi connectivity index (χ2n) is 4.15. The molecular formula is C14H15FN2O. The largest absolute Gasteiger partial charge is 0.387 e. The predicted octanol–water partition coefficient (Wildman–Crippen LogP) is 3.04. The topological polar surface area (TPSA) is 36.4 Å². The van der Waals surface area contributed by atoms with Crippen LogP contribution in [0.1, 0.15) is 18.7 Å². The molecule has 0 amide bonds. The molecule has 0 fully saturated rings. The molecule has 2 rings (SSSR count). The number of pyridine rings is 1. The molecule has 0 aliphatic carbocycles. The van der Waals surface area contributed by atoms with Crippen molar-refractivity contribution in [2.75, 3.05) is 11.9 Å². The van der Waals surface area contributed by atoms with Gasteiger partial charge < -0.3 is 10.0 Å². The summed E-state index contributed by atoms with van der Waals surface area (Å²) in [5.41, 5.74) is 2.39. The Morgan fingerprint density at radius 3 is 2.22 bits per heavy atom. The minimum Gasteiger partial charge on any atom is -0.387 e. The molecule has 1 N–H and O–H groups in total. The van der Waals surface area contributed by atoms with Gasteiger partial charge in [0.25, 0.3) is 0 Å². The minimum absolute atomic E-state index is 0.255. The lowest BCUT2D eigenvalue weighted by Crippen LogP contribution is -2.10. The van der Waals surface area contributed by atoms with Crippen LogP contribution in [0.15, 0.2) is 42.6 Å². The Morgan fingerprint density at radius 2 is 1.72 bits per heavy atom. The summed E-state index contributed by atoms with van der Waals surface area (Å²) in [7, 11) is 1.88. The number of nitrogens with zero attached hydrogens (tertiary/aromatic N) is 2. The number of rotatable bonds is 3. The van der Waals surface area contributed by atoms with Gasteiger partial charge in [0.1, 0.15) is 5.82 Å². The van der Waals surface area contributed by atoms with E-state index in [1.807, 2.05) is 18.0 Å². The first kappa shape index (κ1) is 12.5. The standard InChI is InChI=1S/C14H15FN2O/c1-10(18)14-8-7-13(9-16-14)17(2)12-5-3-11(15)4-6-12/h3-10,18H,1-2H3/t10-/m0/s1. The van der Waals surface area contributed by atoms with Crippen molar-refractivity contribution in [3.8, 4) is 0 Å². The van der Waals surface area contributed by atoms with E-state index in [1.54, 1.807) is 31.3 Å². The van der Waals surface area contributed by atoms with E-state index in [0.717, 1.165) is 11.4 Å². The van der Waals surface area contributed by atoms with Gasteiger partial charge in [0.05, 0.1) is 23.7 Å². The molecule has 94 valence electrons. The van der Waals surface area contributed by atoms with Crippen LogP contribution < -0.4 is 4.90 Å². The number of aromatic nitrogens is 1. The van der Waals surface area contributed by atoms with Crippen molar-refractivity contribution in [1.29, 1.82) is 0 Å². The highest BCUT2D eigenvalue weighted by atomic mass is 19.1. The van der Waals surface area contributed by atoms with E-state index in [4.69, 9.17) is 0 Å². The highest BCUT2D eigenvalue weighted by molar-refractivity contribution is 5.61. The lowest BCUT2D eigenvalue weighted by Gasteiger charge is -2.19. The van der Waals surface area contributed by atoms with Crippen molar-refractivity contribution in [2.24, 2.45) is 0 Å². The van der Waals surface area contributed by atoms with Crippen LogP contribution >= 0.6 is 0 Å². The number of hydrogen-bond acceptors (Lipinski definition) is 3. The Morgan fingerprint density at radius 1 is 1.11 bits per heavy atom. The van der Waals surface area contributed by atoms with E-state index in [2.05, 4.69) is 4.98 Å². The maximum absolute atomic E-state index is 12.8. The molecule has 0 aliphatic rings. The SMILES string of the molecule is C[C@H](O)c1ccc(N(C)c2ccc(F)cc2)cn1. The average Bonchev–Trinajstić information content (AvgIpc) is 2.39. The van der Waals surface area contributed by atoms with E-state index in [-0.39, 0.29) is 5.82 Å². The Bertz CT molecular complexity index is 508. The molecule has 1 aromatic carbocycles. The summed E-state index contributed by atoms with van der Waals surface area (Å²) in [5.74, 6) is -0.255. The van der Waals surface area contributed by atoms with Crippen LogP contribution in [0, 0.1) is 5.82 Å². The molecule has 1 aromatic heterocycles. The first-order valence-electron chi connectivity index (χ1n) is 5.71. The van der Waals surface area contributed by atoms with E-state index in [1.165, 1.54) is 12.1 Å². The summed E-state index contributed by atoms with van der Waals surface area (Å²) in [4.78, 5) is 6.08. The molecule has 18 heavy (non-hydrogen) atoms. The number of aliphatic hydroxyl groups is 1. The highest BCUT2D eigenvalue weighted by Gasteiger charge is 2.06. The maximum Gasteiger partial charge on any atom is 0.123 e. The maximum atomic E-state index is 12.8. The van der Waals surface area contributed by atoms with E-state index in [0.29, 0.717) is 5.69 Å². The highest BCUT2D eigenvalue weighted by Crippen LogP contribution is 2.23. The summed E-state index contributed by atoms with van der Waals surface area (Å²) in [6.07, 6.45) is 1.11. The number of hydrogen-bond donors (Lipinski definition) is 1. The van der Waals surface area contributed by atoms with Crippen LogP contribution in [0.5, 0.6) is 0 Å². The van der Waals surface area contributed by atoms with E-state index in [9.17, 15) is 9.50 Å².